The standard InChI is InChI=1S/C18H21BrS/c1-15-7-9-16(10-8-15)13-17(14-19)11-12-20-18-5-3-2-4-6-18/h2-10,17H,11-14H2,1H3. The molecule has 0 amide bonds. The lowest BCUT2D eigenvalue weighted by Gasteiger charge is -2.14. The molecular formula is C18H21BrS. The molecule has 1 unspecified atom stereocenters. The lowest BCUT2D eigenvalue weighted by Crippen LogP contribution is -2.07. The van der Waals surface area contributed by atoms with Gasteiger partial charge in [-0.3, -0.25) is 0 Å². The summed E-state index contributed by atoms with van der Waals surface area (Å²) in [7, 11) is 0. The van der Waals surface area contributed by atoms with Crippen LogP contribution in [-0.2, 0) is 6.42 Å². The maximum atomic E-state index is 3.66. The van der Waals surface area contributed by atoms with Crippen LogP contribution in [0.5, 0.6) is 0 Å². The molecule has 0 nitrogen and oxygen atoms in total. The van der Waals surface area contributed by atoms with Crippen molar-refractivity contribution in [2.24, 2.45) is 5.92 Å². The van der Waals surface area contributed by atoms with Gasteiger partial charge in [-0.1, -0.05) is 64.0 Å². The molecule has 0 saturated heterocycles. The van der Waals surface area contributed by atoms with Crippen LogP contribution in [0.15, 0.2) is 59.5 Å². The quantitative estimate of drug-likeness (QED) is 0.454. The normalized spacial score (nSPS) is 12.3. The second-order valence-corrected chi connectivity index (χ2v) is 6.98. The fourth-order valence-corrected chi connectivity index (χ4v) is 3.74. The molecule has 0 fully saturated rings. The molecule has 0 aliphatic carbocycles. The molecule has 0 saturated carbocycles. The first-order chi connectivity index (χ1) is 9.78. The van der Waals surface area contributed by atoms with E-state index in [1.165, 1.54) is 34.6 Å². The zero-order valence-electron chi connectivity index (χ0n) is 11.9. The van der Waals surface area contributed by atoms with Crippen LogP contribution in [-0.4, -0.2) is 11.1 Å². The van der Waals surface area contributed by atoms with Gasteiger partial charge in [0, 0.05) is 10.2 Å². The lowest BCUT2D eigenvalue weighted by atomic mass is 9.98. The summed E-state index contributed by atoms with van der Waals surface area (Å²) in [6, 6.07) is 19.6. The molecule has 0 heterocycles. The summed E-state index contributed by atoms with van der Waals surface area (Å²) < 4.78 is 0. The van der Waals surface area contributed by atoms with Gasteiger partial charge in [0.05, 0.1) is 0 Å². The van der Waals surface area contributed by atoms with Gasteiger partial charge in [0.2, 0.25) is 0 Å². The van der Waals surface area contributed by atoms with E-state index in [0.717, 1.165) is 5.33 Å². The number of hydrogen-bond acceptors (Lipinski definition) is 1. The van der Waals surface area contributed by atoms with Gasteiger partial charge in [-0.2, -0.15) is 0 Å². The Morgan fingerprint density at radius 1 is 1.00 bits per heavy atom. The van der Waals surface area contributed by atoms with E-state index >= 15 is 0 Å². The predicted molar refractivity (Wildman–Crippen MR) is 94.0 cm³/mol. The van der Waals surface area contributed by atoms with Crippen molar-refractivity contribution in [3.63, 3.8) is 0 Å². The summed E-state index contributed by atoms with van der Waals surface area (Å²) in [6.45, 7) is 2.14. The lowest BCUT2D eigenvalue weighted by molar-refractivity contribution is 0.578. The number of benzene rings is 2. The van der Waals surface area contributed by atoms with E-state index in [4.69, 9.17) is 0 Å². The smallest absolute Gasteiger partial charge is 0.00719 e. The van der Waals surface area contributed by atoms with Crippen molar-refractivity contribution in [3.8, 4) is 0 Å². The van der Waals surface area contributed by atoms with Gasteiger partial charge in [-0.15, -0.1) is 11.8 Å². The number of aryl methyl sites for hydroxylation is 1. The third kappa shape index (κ3) is 5.34. The maximum absolute atomic E-state index is 3.66. The van der Waals surface area contributed by atoms with Crippen molar-refractivity contribution in [1.29, 1.82) is 0 Å². The van der Waals surface area contributed by atoms with E-state index in [-0.39, 0.29) is 0 Å². The first-order valence-electron chi connectivity index (χ1n) is 7.07. The molecule has 0 bridgehead atoms. The average molecular weight is 349 g/mol. The molecule has 0 spiro atoms. The molecule has 1 atom stereocenters. The topological polar surface area (TPSA) is 0 Å². The van der Waals surface area contributed by atoms with Gasteiger partial charge in [-0.05, 0) is 49.1 Å². The van der Waals surface area contributed by atoms with E-state index in [1.807, 2.05) is 11.8 Å². The van der Waals surface area contributed by atoms with Crippen LogP contribution in [0.2, 0.25) is 0 Å². The van der Waals surface area contributed by atoms with Crippen LogP contribution in [0.1, 0.15) is 17.5 Å². The van der Waals surface area contributed by atoms with E-state index in [2.05, 4.69) is 77.5 Å². The highest BCUT2D eigenvalue weighted by atomic mass is 79.9. The van der Waals surface area contributed by atoms with Gasteiger partial charge in [0.15, 0.2) is 0 Å². The Bertz CT molecular complexity index is 493. The van der Waals surface area contributed by atoms with Gasteiger partial charge >= 0.3 is 0 Å². The van der Waals surface area contributed by atoms with Gasteiger partial charge in [-0.25, -0.2) is 0 Å². The van der Waals surface area contributed by atoms with Crippen molar-refractivity contribution in [3.05, 3.63) is 65.7 Å². The zero-order valence-corrected chi connectivity index (χ0v) is 14.3. The molecule has 0 aliphatic heterocycles. The summed E-state index contributed by atoms with van der Waals surface area (Å²) in [5.41, 5.74) is 2.79. The number of hydrogen-bond donors (Lipinski definition) is 0. The minimum Gasteiger partial charge on any atom is -0.126 e. The second-order valence-electron chi connectivity index (χ2n) is 5.16. The van der Waals surface area contributed by atoms with Crippen LogP contribution in [0.4, 0.5) is 0 Å². The molecule has 0 aliphatic rings. The van der Waals surface area contributed by atoms with E-state index in [9.17, 15) is 0 Å². The summed E-state index contributed by atoms with van der Waals surface area (Å²) in [4.78, 5) is 1.37. The predicted octanol–water partition coefficient (Wildman–Crippen LogP) is 5.73. The Morgan fingerprint density at radius 3 is 2.35 bits per heavy atom. The summed E-state index contributed by atoms with van der Waals surface area (Å²) in [5, 5.41) is 1.08. The summed E-state index contributed by atoms with van der Waals surface area (Å²) >= 11 is 5.62. The Morgan fingerprint density at radius 2 is 1.70 bits per heavy atom. The molecule has 0 radical (unpaired) electrons. The zero-order chi connectivity index (χ0) is 14.2. The highest BCUT2D eigenvalue weighted by Gasteiger charge is 2.08. The first-order valence-corrected chi connectivity index (χ1v) is 9.18. The minimum atomic E-state index is 0.717. The minimum absolute atomic E-state index is 0.717. The largest absolute Gasteiger partial charge is 0.126 e. The van der Waals surface area contributed by atoms with Crippen LogP contribution in [0.25, 0.3) is 0 Å². The Hall–Kier alpha value is -0.730. The van der Waals surface area contributed by atoms with Gasteiger partial charge in [0.25, 0.3) is 0 Å². The number of thioether (sulfide) groups is 1. The Labute approximate surface area is 135 Å². The molecule has 20 heavy (non-hydrogen) atoms. The molecule has 2 aromatic rings. The van der Waals surface area contributed by atoms with Crippen molar-refractivity contribution >= 4 is 27.7 Å². The van der Waals surface area contributed by atoms with Crippen LogP contribution in [0.3, 0.4) is 0 Å². The average Bonchev–Trinajstić information content (AvgIpc) is 2.49. The third-order valence-electron chi connectivity index (χ3n) is 3.40. The molecule has 2 rings (SSSR count). The van der Waals surface area contributed by atoms with E-state index < -0.39 is 0 Å². The maximum Gasteiger partial charge on any atom is 0.00719 e. The SMILES string of the molecule is Cc1ccc(CC(CBr)CCSc2ccccc2)cc1. The van der Waals surface area contributed by atoms with Crippen LogP contribution < -0.4 is 0 Å². The fraction of sp³-hybridized carbons (Fsp3) is 0.333. The third-order valence-corrected chi connectivity index (χ3v) is 5.36. The van der Waals surface area contributed by atoms with E-state index in [1.54, 1.807) is 0 Å². The number of rotatable bonds is 7. The van der Waals surface area contributed by atoms with E-state index in [0.29, 0.717) is 5.92 Å². The highest BCUT2D eigenvalue weighted by molar-refractivity contribution is 9.09. The summed E-state index contributed by atoms with van der Waals surface area (Å²) in [5.74, 6) is 1.90. The fourth-order valence-electron chi connectivity index (χ4n) is 2.15. The van der Waals surface area contributed by atoms with Crippen molar-refractivity contribution in [2.75, 3.05) is 11.1 Å². The number of alkyl halides is 1. The molecule has 2 heteroatoms. The van der Waals surface area contributed by atoms with Crippen LogP contribution in [0, 0.1) is 12.8 Å². The Kier molecular flexibility index (Phi) is 6.68. The van der Waals surface area contributed by atoms with Crippen LogP contribution >= 0.6 is 27.7 Å². The van der Waals surface area contributed by atoms with Crippen molar-refractivity contribution in [2.45, 2.75) is 24.7 Å². The Balaban J connectivity index is 1.79. The summed E-state index contributed by atoms with van der Waals surface area (Å²) in [6.07, 6.45) is 2.42. The molecule has 0 N–H and O–H groups in total. The molecular weight excluding hydrogens is 328 g/mol. The van der Waals surface area contributed by atoms with Crippen molar-refractivity contribution in [1.82, 2.24) is 0 Å². The molecule has 106 valence electrons. The van der Waals surface area contributed by atoms with Crippen molar-refractivity contribution < 1.29 is 0 Å². The highest BCUT2D eigenvalue weighted by Crippen LogP contribution is 2.22. The monoisotopic (exact) mass is 348 g/mol. The molecule has 2 aromatic carbocycles. The van der Waals surface area contributed by atoms with Gasteiger partial charge in [0.1, 0.15) is 0 Å². The second kappa shape index (κ2) is 8.53. The number of halogens is 1. The van der Waals surface area contributed by atoms with Gasteiger partial charge < -0.3 is 0 Å². The first kappa shape index (κ1) is 15.7. The molecule has 0 aromatic heterocycles.